The average Bonchev–Trinajstić information content (AvgIpc) is 2.76. The normalized spacial score (nSPS) is 30.0. The van der Waals surface area contributed by atoms with Crippen molar-refractivity contribution in [3.8, 4) is 0 Å². The van der Waals surface area contributed by atoms with Gasteiger partial charge >= 0.3 is 6.03 Å². The van der Waals surface area contributed by atoms with E-state index in [0.29, 0.717) is 13.1 Å². The molecule has 1 aliphatic heterocycles. The van der Waals surface area contributed by atoms with E-state index in [9.17, 15) is 4.79 Å². The predicted octanol–water partition coefficient (Wildman–Crippen LogP) is 3.42. The Balaban J connectivity index is 1.75. The van der Waals surface area contributed by atoms with Gasteiger partial charge in [0.2, 0.25) is 0 Å². The van der Waals surface area contributed by atoms with E-state index in [-0.39, 0.29) is 29.7 Å². The summed E-state index contributed by atoms with van der Waals surface area (Å²) in [6, 6.07) is 2.09. The van der Waals surface area contributed by atoms with Crippen LogP contribution in [0.2, 0.25) is 0 Å². The molecule has 1 aromatic rings. The molecular weight excluding hydrogens is 292 g/mol. The summed E-state index contributed by atoms with van der Waals surface area (Å²) < 4.78 is 11.6. The largest absolute Gasteiger partial charge is 0.466 e. The van der Waals surface area contributed by atoms with Crippen molar-refractivity contribution in [2.45, 2.75) is 65.7 Å². The lowest BCUT2D eigenvalue weighted by molar-refractivity contribution is -0.0549. The van der Waals surface area contributed by atoms with Crippen molar-refractivity contribution in [3.05, 3.63) is 23.2 Å². The molecule has 1 aliphatic carbocycles. The van der Waals surface area contributed by atoms with Crippen LogP contribution in [0.5, 0.6) is 0 Å². The summed E-state index contributed by atoms with van der Waals surface area (Å²) in [7, 11) is 0. The second-order valence-corrected chi connectivity index (χ2v) is 7.95. The van der Waals surface area contributed by atoms with E-state index in [1.165, 1.54) is 0 Å². The van der Waals surface area contributed by atoms with Crippen molar-refractivity contribution in [2.24, 2.45) is 5.41 Å². The van der Waals surface area contributed by atoms with E-state index in [1.807, 2.05) is 25.7 Å². The van der Waals surface area contributed by atoms with Gasteiger partial charge in [-0.1, -0.05) is 13.8 Å². The Kier molecular flexibility index (Phi) is 4.17. The molecule has 128 valence electrons. The molecule has 0 radical (unpaired) electrons. The molecule has 5 heteroatoms. The number of ether oxygens (including phenoxy) is 1. The molecule has 1 fully saturated rings. The number of hydrogen-bond donors (Lipinski definition) is 1. The van der Waals surface area contributed by atoms with Gasteiger partial charge in [-0.25, -0.2) is 4.79 Å². The number of carbonyl (C=O) groups excluding carboxylic acids is 1. The molecule has 23 heavy (non-hydrogen) atoms. The Bertz CT molecular complexity index is 583. The lowest BCUT2D eigenvalue weighted by Crippen LogP contribution is -2.52. The molecule has 0 aromatic carbocycles. The Morgan fingerprint density at radius 1 is 1.30 bits per heavy atom. The first-order valence-corrected chi connectivity index (χ1v) is 8.53. The van der Waals surface area contributed by atoms with Crippen molar-refractivity contribution in [2.75, 3.05) is 13.1 Å². The summed E-state index contributed by atoms with van der Waals surface area (Å²) in [6.07, 6.45) is 2.02. The number of nitrogens with one attached hydrogen (secondary N) is 1. The molecule has 2 amide bonds. The van der Waals surface area contributed by atoms with Gasteiger partial charge in [0.1, 0.15) is 11.5 Å². The second kappa shape index (κ2) is 5.86. The van der Waals surface area contributed by atoms with Crippen LogP contribution in [0.4, 0.5) is 4.79 Å². The van der Waals surface area contributed by atoms with Gasteiger partial charge in [0.05, 0.1) is 18.2 Å². The molecule has 1 saturated heterocycles. The van der Waals surface area contributed by atoms with Crippen LogP contribution in [0.15, 0.2) is 10.5 Å². The highest BCUT2D eigenvalue weighted by Gasteiger charge is 2.36. The van der Waals surface area contributed by atoms with Crippen LogP contribution in [0.3, 0.4) is 0 Å². The number of hydrogen-bond acceptors (Lipinski definition) is 3. The Morgan fingerprint density at radius 2 is 1.96 bits per heavy atom. The molecule has 0 unspecified atom stereocenters. The van der Waals surface area contributed by atoms with Gasteiger partial charge in [-0.3, -0.25) is 0 Å². The summed E-state index contributed by atoms with van der Waals surface area (Å²) in [5.41, 5.74) is 1.27. The Hall–Kier alpha value is -1.49. The quantitative estimate of drug-likeness (QED) is 0.862. The van der Waals surface area contributed by atoms with Gasteiger partial charge in [0.15, 0.2) is 0 Å². The number of morpholine rings is 1. The van der Waals surface area contributed by atoms with Crippen LogP contribution in [0.25, 0.3) is 0 Å². The van der Waals surface area contributed by atoms with Crippen LogP contribution in [-0.4, -0.2) is 36.2 Å². The monoisotopic (exact) mass is 320 g/mol. The topological polar surface area (TPSA) is 54.7 Å². The molecule has 3 atom stereocenters. The van der Waals surface area contributed by atoms with E-state index in [4.69, 9.17) is 9.15 Å². The van der Waals surface area contributed by atoms with Crippen LogP contribution in [-0.2, 0) is 11.2 Å². The number of urea groups is 1. The summed E-state index contributed by atoms with van der Waals surface area (Å²) in [5.74, 6) is 1.94. The average molecular weight is 320 g/mol. The van der Waals surface area contributed by atoms with E-state index >= 15 is 0 Å². The van der Waals surface area contributed by atoms with Gasteiger partial charge in [0.25, 0.3) is 0 Å². The fraction of sp³-hybridized carbons (Fsp3) is 0.722. The number of amides is 2. The zero-order chi connectivity index (χ0) is 16.8. The standard InChI is InChI=1S/C18H28N2O3/c1-11-6-14-15(7-18(4,5)8-16(14)23-11)19-17(21)20-9-12(2)22-13(3)10-20/h6,12-13,15H,7-10H2,1-5H3,(H,19,21)/t12-,13-,15-/m0/s1. The number of rotatable bonds is 1. The lowest BCUT2D eigenvalue weighted by Gasteiger charge is -2.38. The number of aryl methyl sites for hydroxylation is 1. The molecule has 1 aromatic heterocycles. The van der Waals surface area contributed by atoms with Crippen molar-refractivity contribution in [1.82, 2.24) is 10.2 Å². The third kappa shape index (κ3) is 3.55. The number of furan rings is 1. The summed E-state index contributed by atoms with van der Waals surface area (Å²) >= 11 is 0. The van der Waals surface area contributed by atoms with E-state index in [2.05, 4.69) is 25.2 Å². The highest BCUT2D eigenvalue weighted by Crippen LogP contribution is 2.42. The highest BCUT2D eigenvalue weighted by molar-refractivity contribution is 5.75. The predicted molar refractivity (Wildman–Crippen MR) is 88.4 cm³/mol. The maximum Gasteiger partial charge on any atom is 0.318 e. The van der Waals surface area contributed by atoms with Crippen LogP contribution in [0.1, 0.15) is 57.2 Å². The molecular formula is C18H28N2O3. The lowest BCUT2D eigenvalue weighted by atomic mass is 9.75. The molecule has 0 bridgehead atoms. The van der Waals surface area contributed by atoms with Crippen molar-refractivity contribution in [3.63, 3.8) is 0 Å². The van der Waals surface area contributed by atoms with Gasteiger partial charge in [0, 0.05) is 25.1 Å². The van der Waals surface area contributed by atoms with Crippen LogP contribution < -0.4 is 5.32 Å². The van der Waals surface area contributed by atoms with E-state index < -0.39 is 0 Å². The van der Waals surface area contributed by atoms with Crippen LogP contribution in [0, 0.1) is 12.3 Å². The third-order valence-corrected chi connectivity index (χ3v) is 4.74. The van der Waals surface area contributed by atoms with Gasteiger partial charge in [-0.05, 0) is 38.7 Å². The smallest absolute Gasteiger partial charge is 0.318 e. The fourth-order valence-electron chi connectivity index (χ4n) is 3.90. The summed E-state index contributed by atoms with van der Waals surface area (Å²) in [5, 5.41) is 3.23. The fourth-order valence-corrected chi connectivity index (χ4v) is 3.90. The number of nitrogens with zero attached hydrogens (tertiary/aromatic N) is 1. The van der Waals surface area contributed by atoms with Crippen molar-refractivity contribution < 1.29 is 13.9 Å². The first kappa shape index (κ1) is 16.4. The summed E-state index contributed by atoms with van der Waals surface area (Å²) in [6.45, 7) is 11.7. The van der Waals surface area contributed by atoms with E-state index in [1.54, 1.807) is 0 Å². The maximum absolute atomic E-state index is 12.7. The molecule has 2 heterocycles. The van der Waals surface area contributed by atoms with Gasteiger partial charge in [-0.15, -0.1) is 0 Å². The molecule has 2 aliphatic rings. The molecule has 3 rings (SSSR count). The van der Waals surface area contributed by atoms with Crippen LogP contribution >= 0.6 is 0 Å². The Labute approximate surface area is 138 Å². The minimum absolute atomic E-state index is 0.000460. The van der Waals surface area contributed by atoms with Gasteiger partial charge < -0.3 is 19.4 Å². The van der Waals surface area contributed by atoms with E-state index in [0.717, 1.165) is 29.9 Å². The highest BCUT2D eigenvalue weighted by atomic mass is 16.5. The molecule has 5 nitrogen and oxygen atoms in total. The zero-order valence-electron chi connectivity index (χ0n) is 14.8. The molecule has 0 spiro atoms. The number of fused-ring (bicyclic) bond motifs is 1. The number of carbonyl (C=O) groups is 1. The minimum Gasteiger partial charge on any atom is -0.466 e. The summed E-state index contributed by atoms with van der Waals surface area (Å²) in [4.78, 5) is 14.6. The maximum atomic E-state index is 12.7. The Morgan fingerprint density at radius 3 is 2.61 bits per heavy atom. The molecule has 0 saturated carbocycles. The third-order valence-electron chi connectivity index (χ3n) is 4.74. The first-order chi connectivity index (χ1) is 10.7. The van der Waals surface area contributed by atoms with Gasteiger partial charge in [-0.2, -0.15) is 0 Å². The minimum atomic E-state index is -0.000460. The zero-order valence-corrected chi connectivity index (χ0v) is 14.8. The molecule has 1 N–H and O–H groups in total. The van der Waals surface area contributed by atoms with Crippen molar-refractivity contribution in [1.29, 1.82) is 0 Å². The first-order valence-electron chi connectivity index (χ1n) is 8.53. The van der Waals surface area contributed by atoms with Crippen molar-refractivity contribution >= 4 is 6.03 Å². The SMILES string of the molecule is Cc1cc2c(o1)CC(C)(C)C[C@@H]2NC(=O)N1C[C@H](C)O[C@@H](C)C1. The second-order valence-electron chi connectivity index (χ2n) is 7.95.